The minimum atomic E-state index is -1.20. The van der Waals surface area contributed by atoms with E-state index in [1.165, 1.54) is 57.8 Å². The third kappa shape index (κ3) is 5.04. The normalized spacial score (nSPS) is 41.4. The van der Waals surface area contributed by atoms with E-state index < -0.39 is 11.4 Å². The Balaban J connectivity index is 1.40. The summed E-state index contributed by atoms with van der Waals surface area (Å²) in [6.07, 6.45) is 15.4. The lowest BCUT2D eigenvalue weighted by Gasteiger charge is -2.61. The smallest absolute Gasteiger partial charge is 0.316 e. The van der Waals surface area contributed by atoms with Gasteiger partial charge in [0.05, 0.1) is 13.2 Å². The highest BCUT2D eigenvalue weighted by atomic mass is 16.5. The first-order valence-electron chi connectivity index (χ1n) is 15.4. The van der Waals surface area contributed by atoms with Crippen molar-refractivity contribution in [3.05, 3.63) is 0 Å². The number of rotatable bonds is 9. The van der Waals surface area contributed by atoms with Crippen LogP contribution in [0.2, 0.25) is 0 Å². The summed E-state index contributed by atoms with van der Waals surface area (Å²) in [6, 6.07) is 0. The number of aliphatic hydroxyl groups excluding tert-OH is 2. The van der Waals surface area contributed by atoms with Crippen LogP contribution in [0.25, 0.3) is 0 Å². The molecule has 4 fully saturated rings. The van der Waals surface area contributed by atoms with Crippen molar-refractivity contribution in [2.75, 3.05) is 13.2 Å². The van der Waals surface area contributed by atoms with Gasteiger partial charge in [-0.05, 0) is 117 Å². The Labute approximate surface area is 221 Å². The van der Waals surface area contributed by atoms with E-state index in [4.69, 9.17) is 4.74 Å². The van der Waals surface area contributed by atoms with Gasteiger partial charge in [-0.3, -0.25) is 4.79 Å². The second kappa shape index (κ2) is 10.9. The summed E-state index contributed by atoms with van der Waals surface area (Å²) in [7, 11) is 0. The lowest BCUT2D eigenvalue weighted by molar-refractivity contribution is -0.176. The van der Waals surface area contributed by atoms with E-state index in [0.29, 0.717) is 16.7 Å². The molecule has 0 aliphatic heterocycles. The van der Waals surface area contributed by atoms with Crippen LogP contribution in [-0.2, 0) is 9.53 Å². The van der Waals surface area contributed by atoms with E-state index in [0.717, 1.165) is 54.8 Å². The third-order valence-electron chi connectivity index (χ3n) is 12.3. The van der Waals surface area contributed by atoms with Crippen LogP contribution in [0.5, 0.6) is 0 Å². The van der Waals surface area contributed by atoms with Crippen molar-refractivity contribution in [2.24, 2.45) is 57.7 Å². The van der Waals surface area contributed by atoms with Gasteiger partial charge < -0.3 is 14.9 Å². The van der Waals surface area contributed by atoms with Gasteiger partial charge in [0.1, 0.15) is 11.5 Å². The molecule has 0 bridgehead atoms. The SMILES string of the molecule is CC(C)CCC[C@@H](C)[C@H]1CCC2C3CC[C@H]4C[C@@H](OC(=O)C(C)(CO)CO)CC[C@]4(C)C3CC[C@@]21C. The molecule has 4 heteroatoms. The summed E-state index contributed by atoms with van der Waals surface area (Å²) < 4.78 is 5.88. The van der Waals surface area contributed by atoms with Crippen molar-refractivity contribution < 1.29 is 19.7 Å². The Morgan fingerprint density at radius 3 is 2.25 bits per heavy atom. The van der Waals surface area contributed by atoms with Gasteiger partial charge in [0.2, 0.25) is 0 Å². The number of carbonyl (C=O) groups is 1. The molecule has 0 aromatic carbocycles. The first-order chi connectivity index (χ1) is 17.0. The summed E-state index contributed by atoms with van der Waals surface area (Å²) in [4.78, 5) is 12.7. The number of carbonyl (C=O) groups excluding carboxylic acids is 1. The summed E-state index contributed by atoms with van der Waals surface area (Å²) in [5.41, 5.74) is -0.296. The topological polar surface area (TPSA) is 66.8 Å². The molecule has 4 nitrogen and oxygen atoms in total. The third-order valence-corrected chi connectivity index (χ3v) is 12.3. The largest absolute Gasteiger partial charge is 0.462 e. The summed E-state index contributed by atoms with van der Waals surface area (Å²) in [5, 5.41) is 19.2. The predicted octanol–water partition coefficient (Wildman–Crippen LogP) is 7.01. The Morgan fingerprint density at radius 1 is 0.917 bits per heavy atom. The summed E-state index contributed by atoms with van der Waals surface area (Å²) in [6.45, 7) is 13.4. The minimum absolute atomic E-state index is 0.0686. The molecule has 36 heavy (non-hydrogen) atoms. The van der Waals surface area contributed by atoms with Gasteiger partial charge in [0.25, 0.3) is 0 Å². The van der Waals surface area contributed by atoms with Crippen molar-refractivity contribution in [1.29, 1.82) is 0 Å². The number of esters is 1. The Kier molecular flexibility index (Phi) is 8.58. The van der Waals surface area contributed by atoms with Crippen LogP contribution in [0.3, 0.4) is 0 Å². The van der Waals surface area contributed by atoms with E-state index in [2.05, 4.69) is 34.6 Å². The zero-order chi connectivity index (χ0) is 26.3. The fourth-order valence-electron chi connectivity index (χ4n) is 9.82. The molecular weight excluding hydrogens is 448 g/mol. The number of hydrogen-bond donors (Lipinski definition) is 2. The van der Waals surface area contributed by atoms with Gasteiger partial charge in [-0.1, -0.05) is 53.9 Å². The van der Waals surface area contributed by atoms with Gasteiger partial charge >= 0.3 is 5.97 Å². The van der Waals surface area contributed by atoms with Crippen LogP contribution < -0.4 is 0 Å². The molecule has 0 amide bonds. The first-order valence-corrected chi connectivity index (χ1v) is 15.4. The second-order valence-corrected chi connectivity index (χ2v) is 14.9. The van der Waals surface area contributed by atoms with Crippen LogP contribution >= 0.6 is 0 Å². The highest BCUT2D eigenvalue weighted by molar-refractivity contribution is 5.76. The fraction of sp³-hybridized carbons (Fsp3) is 0.969. The van der Waals surface area contributed by atoms with E-state index in [-0.39, 0.29) is 19.3 Å². The zero-order valence-electron chi connectivity index (χ0n) is 24.2. The molecule has 0 spiro atoms. The maximum Gasteiger partial charge on any atom is 0.316 e. The first kappa shape index (κ1) is 28.4. The molecule has 4 rings (SSSR count). The molecule has 208 valence electrons. The van der Waals surface area contributed by atoms with Gasteiger partial charge in [0, 0.05) is 0 Å². The van der Waals surface area contributed by atoms with Gasteiger partial charge in [0.15, 0.2) is 0 Å². The number of hydrogen-bond acceptors (Lipinski definition) is 4. The van der Waals surface area contributed by atoms with E-state index in [1.54, 1.807) is 6.92 Å². The molecule has 4 saturated carbocycles. The predicted molar refractivity (Wildman–Crippen MR) is 145 cm³/mol. The molecule has 0 saturated heterocycles. The van der Waals surface area contributed by atoms with Gasteiger partial charge in [-0.2, -0.15) is 0 Å². The maximum atomic E-state index is 12.7. The zero-order valence-corrected chi connectivity index (χ0v) is 24.2. The average Bonchev–Trinajstić information content (AvgIpc) is 3.20. The standard InChI is InChI=1S/C32H56O4/c1-21(2)8-7-9-22(3)26-12-13-27-25-11-10-23-18-24(36-29(35)30(4,19-33)20-34)14-16-31(23,5)28(25)15-17-32(26,27)6/h21-28,33-34H,7-20H2,1-6H3/t22-,23+,24+,25?,26-,27?,28?,31+,32-/m1/s1. The molecular formula is C32H56O4. The molecule has 9 atom stereocenters. The highest BCUT2D eigenvalue weighted by Crippen LogP contribution is 2.68. The molecule has 4 aliphatic rings. The van der Waals surface area contributed by atoms with E-state index >= 15 is 0 Å². The van der Waals surface area contributed by atoms with Crippen LogP contribution in [-0.4, -0.2) is 35.5 Å². The van der Waals surface area contributed by atoms with Crippen LogP contribution in [0.15, 0.2) is 0 Å². The molecule has 0 heterocycles. The molecule has 0 aromatic rings. The van der Waals surface area contributed by atoms with Gasteiger partial charge in [-0.15, -0.1) is 0 Å². The quantitative estimate of drug-likeness (QED) is 0.331. The lowest BCUT2D eigenvalue weighted by atomic mass is 9.44. The van der Waals surface area contributed by atoms with Crippen LogP contribution in [0.4, 0.5) is 0 Å². The van der Waals surface area contributed by atoms with Crippen molar-refractivity contribution in [3.63, 3.8) is 0 Å². The molecule has 0 aromatic heterocycles. The van der Waals surface area contributed by atoms with Crippen molar-refractivity contribution in [2.45, 2.75) is 125 Å². The fourth-order valence-corrected chi connectivity index (χ4v) is 9.82. The Morgan fingerprint density at radius 2 is 1.58 bits per heavy atom. The van der Waals surface area contributed by atoms with Crippen LogP contribution in [0, 0.1) is 57.7 Å². The summed E-state index contributed by atoms with van der Waals surface area (Å²) >= 11 is 0. The summed E-state index contributed by atoms with van der Waals surface area (Å²) in [5.74, 6) is 5.36. The minimum Gasteiger partial charge on any atom is -0.462 e. The molecule has 0 radical (unpaired) electrons. The van der Waals surface area contributed by atoms with Crippen molar-refractivity contribution in [1.82, 2.24) is 0 Å². The van der Waals surface area contributed by atoms with E-state index in [1.807, 2.05) is 0 Å². The van der Waals surface area contributed by atoms with Gasteiger partial charge in [-0.25, -0.2) is 0 Å². The number of fused-ring (bicyclic) bond motifs is 5. The molecule has 2 N–H and O–H groups in total. The molecule has 4 aliphatic carbocycles. The van der Waals surface area contributed by atoms with E-state index in [9.17, 15) is 15.0 Å². The molecule has 3 unspecified atom stereocenters. The second-order valence-electron chi connectivity index (χ2n) is 14.9. The monoisotopic (exact) mass is 504 g/mol. The van der Waals surface area contributed by atoms with Crippen molar-refractivity contribution >= 4 is 5.97 Å². The lowest BCUT2D eigenvalue weighted by Crippen LogP contribution is -2.54. The highest BCUT2D eigenvalue weighted by Gasteiger charge is 2.60. The number of ether oxygens (including phenoxy) is 1. The maximum absolute atomic E-state index is 12.7. The van der Waals surface area contributed by atoms with Crippen molar-refractivity contribution in [3.8, 4) is 0 Å². The Hall–Kier alpha value is -0.610. The average molecular weight is 505 g/mol. The Bertz CT molecular complexity index is 759. The number of aliphatic hydroxyl groups is 2. The van der Waals surface area contributed by atoms with Crippen LogP contribution in [0.1, 0.15) is 119 Å².